The smallest absolute Gasteiger partial charge is 0.276 e. The minimum absolute atomic E-state index is 0.212. The van der Waals surface area contributed by atoms with Crippen molar-refractivity contribution in [3.8, 4) is 5.75 Å². The van der Waals surface area contributed by atoms with Crippen molar-refractivity contribution < 1.29 is 14.3 Å². The SMILES string of the molecule is C=CC.CCOCOc1ccc2nc(NC(=O)c3ccc(C)cn3)sc2c1.Cc1ccc(C)cc1. The van der Waals surface area contributed by atoms with Crippen molar-refractivity contribution in [1.29, 1.82) is 0 Å². The molecule has 1 N–H and O–H groups in total. The average molecular weight is 492 g/mol. The largest absolute Gasteiger partial charge is 0.468 e. The Kier molecular flexibility index (Phi) is 11.6. The summed E-state index contributed by atoms with van der Waals surface area (Å²) in [5.74, 6) is 0.430. The van der Waals surface area contributed by atoms with Gasteiger partial charge in [-0.1, -0.05) is 58.9 Å². The molecule has 35 heavy (non-hydrogen) atoms. The van der Waals surface area contributed by atoms with Gasteiger partial charge in [-0.2, -0.15) is 0 Å². The van der Waals surface area contributed by atoms with Crippen LogP contribution in [-0.4, -0.2) is 29.3 Å². The first-order valence-electron chi connectivity index (χ1n) is 11.3. The molecule has 0 saturated heterocycles. The maximum atomic E-state index is 12.2. The van der Waals surface area contributed by atoms with Crippen LogP contribution < -0.4 is 10.1 Å². The third-order valence-electron chi connectivity index (χ3n) is 4.46. The third-order valence-corrected chi connectivity index (χ3v) is 5.39. The summed E-state index contributed by atoms with van der Waals surface area (Å²) in [7, 11) is 0. The van der Waals surface area contributed by atoms with Gasteiger partial charge in [0.2, 0.25) is 0 Å². The second-order valence-corrected chi connectivity index (χ2v) is 8.67. The predicted octanol–water partition coefficient (Wildman–Crippen LogP) is 7.12. The molecule has 4 aromatic rings. The molecule has 2 aromatic carbocycles. The molecule has 0 aliphatic rings. The molecule has 2 heterocycles. The highest BCUT2D eigenvalue weighted by atomic mass is 32.1. The van der Waals surface area contributed by atoms with E-state index in [1.54, 1.807) is 18.3 Å². The van der Waals surface area contributed by atoms with E-state index in [2.05, 4.69) is 60.0 Å². The topological polar surface area (TPSA) is 73.3 Å². The van der Waals surface area contributed by atoms with E-state index in [4.69, 9.17) is 9.47 Å². The second-order valence-electron chi connectivity index (χ2n) is 7.64. The lowest BCUT2D eigenvalue weighted by atomic mass is 10.2. The van der Waals surface area contributed by atoms with Gasteiger partial charge >= 0.3 is 0 Å². The van der Waals surface area contributed by atoms with E-state index >= 15 is 0 Å². The number of nitrogens with one attached hydrogen (secondary N) is 1. The lowest BCUT2D eigenvalue weighted by Gasteiger charge is -2.04. The summed E-state index contributed by atoms with van der Waals surface area (Å²) < 4.78 is 11.6. The quantitative estimate of drug-likeness (QED) is 0.177. The Labute approximate surface area is 211 Å². The normalized spacial score (nSPS) is 9.86. The second kappa shape index (κ2) is 14.7. The number of amides is 1. The highest BCUT2D eigenvalue weighted by Crippen LogP contribution is 2.29. The summed E-state index contributed by atoms with van der Waals surface area (Å²) in [5.41, 5.74) is 4.83. The Balaban J connectivity index is 0.000000327. The van der Waals surface area contributed by atoms with Crippen LogP contribution in [0.5, 0.6) is 5.75 Å². The van der Waals surface area contributed by atoms with Crippen molar-refractivity contribution >= 4 is 32.6 Å². The number of rotatable bonds is 6. The molecule has 7 heteroatoms. The van der Waals surface area contributed by atoms with Crippen LogP contribution in [0.4, 0.5) is 5.13 Å². The fourth-order valence-electron chi connectivity index (χ4n) is 2.64. The molecule has 0 unspecified atom stereocenters. The van der Waals surface area contributed by atoms with Gasteiger partial charge in [-0.15, -0.1) is 6.58 Å². The van der Waals surface area contributed by atoms with Gasteiger partial charge in [-0.25, -0.2) is 4.98 Å². The molecule has 2 aromatic heterocycles. The molecule has 0 bridgehead atoms. The van der Waals surface area contributed by atoms with Crippen molar-refractivity contribution in [1.82, 2.24) is 9.97 Å². The molecular formula is C28H33N3O3S. The van der Waals surface area contributed by atoms with E-state index in [0.29, 0.717) is 23.2 Å². The predicted molar refractivity (Wildman–Crippen MR) is 145 cm³/mol. The van der Waals surface area contributed by atoms with Crippen LogP contribution in [0.25, 0.3) is 10.2 Å². The Morgan fingerprint density at radius 3 is 2.23 bits per heavy atom. The van der Waals surface area contributed by atoms with Crippen LogP contribution in [0.1, 0.15) is 41.0 Å². The first kappa shape index (κ1) is 27.7. The van der Waals surface area contributed by atoms with E-state index in [9.17, 15) is 4.79 Å². The summed E-state index contributed by atoms with van der Waals surface area (Å²) in [6.07, 6.45) is 3.41. The number of aryl methyl sites for hydroxylation is 3. The number of carbonyl (C=O) groups excluding carboxylic acids is 1. The number of pyridine rings is 1. The third kappa shape index (κ3) is 9.68. The molecular weight excluding hydrogens is 458 g/mol. The summed E-state index contributed by atoms with van der Waals surface area (Å²) in [4.78, 5) is 20.7. The molecule has 0 saturated carbocycles. The number of allylic oxidation sites excluding steroid dienone is 1. The van der Waals surface area contributed by atoms with E-state index in [1.807, 2.05) is 45.0 Å². The Morgan fingerprint density at radius 2 is 1.66 bits per heavy atom. The number of carbonyl (C=O) groups is 1. The minimum Gasteiger partial charge on any atom is -0.468 e. The number of hydrogen-bond acceptors (Lipinski definition) is 6. The van der Waals surface area contributed by atoms with Gasteiger partial charge in [0.25, 0.3) is 5.91 Å². The van der Waals surface area contributed by atoms with Gasteiger partial charge in [0.1, 0.15) is 11.4 Å². The number of hydrogen-bond donors (Lipinski definition) is 1. The van der Waals surface area contributed by atoms with E-state index in [0.717, 1.165) is 15.8 Å². The van der Waals surface area contributed by atoms with E-state index in [-0.39, 0.29) is 12.7 Å². The van der Waals surface area contributed by atoms with E-state index < -0.39 is 0 Å². The number of aromatic nitrogens is 2. The fraction of sp³-hybridized carbons (Fsp3) is 0.250. The van der Waals surface area contributed by atoms with Gasteiger partial charge in [0, 0.05) is 12.8 Å². The van der Waals surface area contributed by atoms with Crippen molar-refractivity contribution in [3.05, 3.63) is 95.8 Å². The maximum absolute atomic E-state index is 12.2. The van der Waals surface area contributed by atoms with Crippen LogP contribution in [0, 0.1) is 20.8 Å². The zero-order chi connectivity index (χ0) is 25.6. The highest BCUT2D eigenvalue weighted by molar-refractivity contribution is 7.22. The van der Waals surface area contributed by atoms with Crippen LogP contribution in [0.15, 0.2) is 73.4 Å². The summed E-state index contributed by atoms with van der Waals surface area (Å²) in [6, 6.07) is 17.6. The van der Waals surface area contributed by atoms with Gasteiger partial charge in [-0.3, -0.25) is 15.1 Å². The van der Waals surface area contributed by atoms with Crippen LogP contribution in [-0.2, 0) is 4.74 Å². The van der Waals surface area contributed by atoms with Crippen LogP contribution >= 0.6 is 11.3 Å². The lowest BCUT2D eigenvalue weighted by molar-refractivity contribution is 0.0225. The standard InChI is InChI=1S/C17H17N3O3S.C8H10.C3H6/c1-3-22-10-23-12-5-7-13-15(8-12)24-17(19-13)20-16(21)14-6-4-11(2)9-18-14;1-7-3-5-8(2)6-4-7;1-3-2/h4-9H,3,10H2,1-2H3,(H,19,20,21);3-6H,1-2H3;3H,1H2,2H3. The highest BCUT2D eigenvalue weighted by Gasteiger charge is 2.11. The molecule has 0 fully saturated rings. The number of thiazole rings is 1. The van der Waals surface area contributed by atoms with Gasteiger partial charge in [0.05, 0.1) is 10.2 Å². The average Bonchev–Trinajstić information content (AvgIpc) is 3.24. The number of anilines is 1. The van der Waals surface area contributed by atoms with Crippen molar-refractivity contribution in [2.45, 2.75) is 34.6 Å². The molecule has 0 radical (unpaired) electrons. The molecule has 0 atom stereocenters. The van der Waals surface area contributed by atoms with Gasteiger partial charge in [0.15, 0.2) is 11.9 Å². The summed E-state index contributed by atoms with van der Waals surface area (Å²) in [5, 5.41) is 3.31. The Morgan fingerprint density at radius 1 is 1.03 bits per heavy atom. The Hall–Kier alpha value is -3.55. The minimum atomic E-state index is -0.276. The molecule has 4 rings (SSSR count). The number of fused-ring (bicyclic) bond motifs is 1. The first-order chi connectivity index (χ1) is 16.9. The molecule has 0 aliphatic carbocycles. The molecule has 6 nitrogen and oxygen atoms in total. The first-order valence-corrected chi connectivity index (χ1v) is 12.1. The maximum Gasteiger partial charge on any atom is 0.276 e. The molecule has 184 valence electrons. The number of nitrogens with zero attached hydrogens (tertiary/aromatic N) is 2. The van der Waals surface area contributed by atoms with Crippen molar-refractivity contribution in [2.75, 3.05) is 18.7 Å². The zero-order valence-electron chi connectivity index (χ0n) is 21.0. The van der Waals surface area contributed by atoms with Gasteiger partial charge < -0.3 is 9.47 Å². The van der Waals surface area contributed by atoms with Crippen LogP contribution in [0.2, 0.25) is 0 Å². The molecule has 0 spiro atoms. The summed E-state index contributed by atoms with van der Waals surface area (Å²) >= 11 is 1.39. The van der Waals surface area contributed by atoms with Gasteiger partial charge in [-0.05, 0) is 64.4 Å². The van der Waals surface area contributed by atoms with Crippen molar-refractivity contribution in [2.24, 2.45) is 0 Å². The van der Waals surface area contributed by atoms with E-state index in [1.165, 1.54) is 22.5 Å². The van der Waals surface area contributed by atoms with Crippen molar-refractivity contribution in [3.63, 3.8) is 0 Å². The summed E-state index contributed by atoms with van der Waals surface area (Å²) in [6.45, 7) is 14.1. The number of ether oxygens (including phenoxy) is 2. The zero-order valence-corrected chi connectivity index (χ0v) is 21.8. The lowest BCUT2D eigenvalue weighted by Crippen LogP contribution is -2.13. The number of benzene rings is 2. The Bertz CT molecular complexity index is 1180. The van der Waals surface area contributed by atoms with Crippen LogP contribution in [0.3, 0.4) is 0 Å². The monoisotopic (exact) mass is 491 g/mol. The fourth-order valence-corrected chi connectivity index (χ4v) is 3.53. The molecule has 0 aliphatic heterocycles. The molecule has 1 amide bonds.